The van der Waals surface area contributed by atoms with Crippen LogP contribution >= 0.6 is 0 Å². The van der Waals surface area contributed by atoms with Crippen LogP contribution in [0.3, 0.4) is 0 Å². The van der Waals surface area contributed by atoms with Crippen molar-refractivity contribution in [1.82, 2.24) is 14.9 Å². The number of fused-ring (bicyclic) bond motifs is 6. The summed E-state index contributed by atoms with van der Waals surface area (Å²) in [5.41, 5.74) is 7.74. The maximum absolute atomic E-state index is 11.1. The van der Waals surface area contributed by atoms with E-state index in [1.165, 1.54) is 0 Å². The molecule has 4 bridgehead atoms. The van der Waals surface area contributed by atoms with Crippen LogP contribution in [0.2, 0.25) is 0 Å². The molecule has 0 spiro atoms. The van der Waals surface area contributed by atoms with Gasteiger partial charge in [-0.25, -0.2) is 4.98 Å². The van der Waals surface area contributed by atoms with E-state index in [2.05, 4.69) is 35.3 Å². The first kappa shape index (κ1) is 25.6. The summed E-state index contributed by atoms with van der Waals surface area (Å²) in [6.07, 6.45) is 4.23. The van der Waals surface area contributed by atoms with E-state index in [0.717, 1.165) is 47.9 Å². The van der Waals surface area contributed by atoms with Crippen molar-refractivity contribution in [3.8, 4) is 17.1 Å². The highest BCUT2D eigenvalue weighted by atomic mass is 16.9. The topological polar surface area (TPSA) is 96.7 Å². The van der Waals surface area contributed by atoms with Crippen LogP contribution in [-0.2, 0) is 4.74 Å². The van der Waals surface area contributed by atoms with Gasteiger partial charge in [-0.05, 0) is 63.1 Å². The van der Waals surface area contributed by atoms with Crippen molar-refractivity contribution in [2.45, 2.75) is 71.5 Å². The van der Waals surface area contributed by atoms with Crippen molar-refractivity contribution in [2.24, 2.45) is 5.92 Å². The third-order valence-electron chi connectivity index (χ3n) is 7.47. The van der Waals surface area contributed by atoms with Crippen LogP contribution in [0, 0.1) is 19.8 Å². The molecule has 5 rings (SSSR count). The number of anilines is 1. The lowest BCUT2D eigenvalue weighted by Gasteiger charge is -2.33. The number of aryl methyl sites for hydroxylation is 2. The summed E-state index contributed by atoms with van der Waals surface area (Å²) in [5.74, 6) is 0.656. The van der Waals surface area contributed by atoms with Gasteiger partial charge in [0.15, 0.2) is 0 Å². The van der Waals surface area contributed by atoms with E-state index < -0.39 is 4.92 Å². The van der Waals surface area contributed by atoms with Crippen molar-refractivity contribution < 1.29 is 19.9 Å². The summed E-state index contributed by atoms with van der Waals surface area (Å²) in [7, 11) is 0. The maximum atomic E-state index is 11.1. The molecule has 2 aromatic carbocycles. The number of nitrogens with one attached hydrogen (secondary N) is 1. The quantitative estimate of drug-likeness (QED) is 0.358. The monoisotopic (exact) mass is 505 g/mol. The van der Waals surface area contributed by atoms with E-state index in [4.69, 9.17) is 9.47 Å². The van der Waals surface area contributed by atoms with Crippen LogP contribution in [0.15, 0.2) is 48.5 Å². The van der Waals surface area contributed by atoms with Crippen molar-refractivity contribution in [2.75, 3.05) is 12.0 Å². The average molecular weight is 506 g/mol. The minimum atomic E-state index is -1.58. The summed E-state index contributed by atoms with van der Waals surface area (Å²) in [6, 6.07) is 15.4. The zero-order chi connectivity index (χ0) is 26.2. The fourth-order valence-electron chi connectivity index (χ4n) is 5.78. The van der Waals surface area contributed by atoms with Gasteiger partial charge < -0.3 is 9.47 Å². The molecule has 3 N–H and O–H groups in total. The lowest BCUT2D eigenvalue weighted by molar-refractivity contribution is -0.273. The van der Waals surface area contributed by atoms with E-state index in [0.29, 0.717) is 18.2 Å². The van der Waals surface area contributed by atoms with Crippen molar-refractivity contribution in [3.63, 3.8) is 0 Å². The van der Waals surface area contributed by atoms with E-state index in [1.54, 1.807) is 6.07 Å². The molecule has 37 heavy (non-hydrogen) atoms. The number of nitrogens with zero attached hydrogens (tertiary/aromatic N) is 3. The van der Waals surface area contributed by atoms with E-state index in [-0.39, 0.29) is 35.7 Å². The Morgan fingerprint density at radius 3 is 2.49 bits per heavy atom. The number of ether oxygens (including phenoxy) is 2. The van der Waals surface area contributed by atoms with Gasteiger partial charge in [0.2, 0.25) is 11.6 Å². The number of aromatic nitrogens is 2. The highest BCUT2D eigenvalue weighted by Crippen LogP contribution is 2.41. The van der Waals surface area contributed by atoms with Crippen LogP contribution < -0.4 is 15.1 Å². The maximum Gasteiger partial charge on any atom is 0.279 e. The summed E-state index contributed by atoms with van der Waals surface area (Å²) in [6.45, 7) is 8.64. The van der Waals surface area contributed by atoms with Crippen molar-refractivity contribution in [1.29, 1.82) is 0 Å². The van der Waals surface area contributed by atoms with Crippen molar-refractivity contribution >= 4 is 11.6 Å². The zero-order valence-corrected chi connectivity index (χ0v) is 22.0. The Kier molecular flexibility index (Phi) is 7.18. The highest BCUT2D eigenvalue weighted by Gasteiger charge is 2.37. The third kappa shape index (κ3) is 5.48. The number of quaternary nitrogens is 1. The molecule has 8 heteroatoms. The molecule has 1 aliphatic heterocycles. The summed E-state index contributed by atoms with van der Waals surface area (Å²) >= 11 is 0. The molecule has 196 valence electrons. The minimum absolute atomic E-state index is 0.0270. The molecule has 3 aromatic rings. The van der Waals surface area contributed by atoms with Gasteiger partial charge in [-0.1, -0.05) is 43.2 Å². The Bertz CT molecular complexity index is 1240. The van der Waals surface area contributed by atoms with Gasteiger partial charge in [0.25, 0.3) is 5.95 Å². The second-order valence-electron chi connectivity index (χ2n) is 10.6. The van der Waals surface area contributed by atoms with Gasteiger partial charge in [0.05, 0.1) is 29.4 Å². The van der Waals surface area contributed by atoms with Gasteiger partial charge in [-0.3, -0.25) is 0 Å². The molecule has 2 heterocycles. The van der Waals surface area contributed by atoms with Gasteiger partial charge in [-0.15, -0.1) is 15.8 Å². The molecule has 1 saturated carbocycles. The van der Waals surface area contributed by atoms with Gasteiger partial charge in [0.1, 0.15) is 0 Å². The first-order valence-electron chi connectivity index (χ1n) is 13.2. The zero-order valence-electron chi connectivity index (χ0n) is 22.0. The fraction of sp³-hybridized carbons (Fsp3) is 0.448. The molecule has 1 aliphatic carbocycles. The van der Waals surface area contributed by atoms with Gasteiger partial charge >= 0.3 is 0 Å². The van der Waals surface area contributed by atoms with Gasteiger partial charge in [-0.2, -0.15) is 4.98 Å². The smallest absolute Gasteiger partial charge is 0.279 e. The van der Waals surface area contributed by atoms with E-state index in [1.807, 2.05) is 50.2 Å². The summed E-state index contributed by atoms with van der Waals surface area (Å²) in [5, 5.41) is 22.1. The fourth-order valence-corrected chi connectivity index (χ4v) is 5.78. The van der Waals surface area contributed by atoms with Crippen LogP contribution in [0.1, 0.15) is 62.1 Å². The Hall–Kier alpha value is -3.04. The first-order valence-corrected chi connectivity index (χ1v) is 13.2. The normalized spacial score (nSPS) is 23.1. The molecule has 2 aliphatic rings. The molecule has 3 atom stereocenters. The third-order valence-corrected chi connectivity index (χ3v) is 7.47. The molecular weight excluding hydrogens is 468 g/mol. The predicted molar refractivity (Wildman–Crippen MR) is 143 cm³/mol. The highest BCUT2D eigenvalue weighted by molar-refractivity contribution is 5.69. The Balaban J connectivity index is 1.64. The lowest BCUT2D eigenvalue weighted by atomic mass is 9.81. The second kappa shape index (κ2) is 10.4. The van der Waals surface area contributed by atoms with Crippen LogP contribution in [0.5, 0.6) is 5.88 Å². The Morgan fingerprint density at radius 1 is 1.00 bits per heavy atom. The van der Waals surface area contributed by atoms with Crippen LogP contribution in [0.25, 0.3) is 11.3 Å². The lowest BCUT2D eigenvalue weighted by Crippen LogP contribution is -2.48. The van der Waals surface area contributed by atoms with E-state index >= 15 is 0 Å². The molecule has 3 unspecified atom stereocenters. The molecule has 0 saturated heterocycles. The standard InChI is InChI=1S/C29H37N4O4/c1-18(2)37-26-14-6-5-13-23-21-11-8-12-22(15-21)33(34,35)32-29-30-25(16-27(31-29)36-17-24(23)26)28-19(3)9-7-10-20(28)4/h7-12,15-16,18,23-24,26,34-35H,5-6,13-14,17H2,1-4H3,(H,30,31,32)/q+1. The average Bonchev–Trinajstić information content (AvgIpc) is 3.03. The summed E-state index contributed by atoms with van der Waals surface area (Å²) < 4.78 is 12.8. The Labute approximate surface area is 218 Å². The number of benzene rings is 2. The van der Waals surface area contributed by atoms with Crippen LogP contribution in [0.4, 0.5) is 11.6 Å². The molecule has 0 radical (unpaired) electrons. The number of rotatable bonds is 3. The molecule has 1 aromatic heterocycles. The Morgan fingerprint density at radius 2 is 1.73 bits per heavy atom. The van der Waals surface area contributed by atoms with Crippen LogP contribution in [-0.4, -0.2) is 39.2 Å². The summed E-state index contributed by atoms with van der Waals surface area (Å²) in [4.78, 5) is 7.58. The minimum Gasteiger partial charge on any atom is -0.477 e. The first-order chi connectivity index (χ1) is 17.7. The predicted octanol–water partition coefficient (Wildman–Crippen LogP) is 6.33. The second-order valence-corrected chi connectivity index (χ2v) is 10.6. The molecule has 0 amide bonds. The van der Waals surface area contributed by atoms with E-state index in [9.17, 15) is 10.4 Å². The van der Waals surface area contributed by atoms with Crippen molar-refractivity contribution in [3.05, 3.63) is 65.2 Å². The largest absolute Gasteiger partial charge is 0.477 e. The molecular formula is C29H37N4O4+. The number of hydrogen-bond acceptors (Lipinski definition) is 7. The number of hydrogen-bond donors (Lipinski definition) is 3. The molecule has 8 nitrogen and oxygen atoms in total. The SMILES string of the molecule is Cc1cccc(C)c1-c1cc2nc(n1)N[N+](O)(O)c1cccc(c1)C1CCCCC(OC(C)C)C1CO2. The van der Waals surface area contributed by atoms with Gasteiger partial charge in [0, 0.05) is 29.7 Å². The molecule has 1 fully saturated rings.